The Balaban J connectivity index is 1.19. The Hall–Kier alpha value is -6.91. The van der Waals surface area contributed by atoms with Gasteiger partial charge in [-0.05, 0) is 103 Å². The van der Waals surface area contributed by atoms with Gasteiger partial charge in [-0.3, -0.25) is 9.55 Å². The molecule has 4 heteroatoms. The van der Waals surface area contributed by atoms with E-state index < -0.39 is 0 Å². The van der Waals surface area contributed by atoms with Crippen molar-refractivity contribution < 1.29 is 0 Å². The Morgan fingerprint density at radius 3 is 1.82 bits per heavy atom. The highest BCUT2D eigenvalue weighted by molar-refractivity contribution is 6.15. The van der Waals surface area contributed by atoms with Crippen molar-refractivity contribution in [2.24, 2.45) is 0 Å². The molecule has 8 aromatic carbocycles. The maximum Gasteiger partial charge on any atom is 0.168 e. The maximum absolute atomic E-state index is 5.33. The van der Waals surface area contributed by atoms with Crippen molar-refractivity contribution in [3.8, 4) is 28.3 Å². The Labute approximate surface area is 292 Å². The van der Waals surface area contributed by atoms with Gasteiger partial charge >= 0.3 is 0 Å². The second-order valence-electron chi connectivity index (χ2n) is 13.3. The number of nitrogens with zero attached hydrogens (tertiary/aromatic N) is 4. The number of aromatic nitrogens is 4. The topological polar surface area (TPSA) is 43.6 Å². The minimum Gasteiger partial charge on any atom is -0.292 e. The average Bonchev–Trinajstić information content (AvgIpc) is 3.51. The van der Waals surface area contributed by atoms with Crippen molar-refractivity contribution in [1.29, 1.82) is 0 Å². The number of rotatable bonds is 3. The van der Waals surface area contributed by atoms with Crippen LogP contribution in [0.3, 0.4) is 0 Å². The highest BCUT2D eigenvalue weighted by Gasteiger charge is 2.20. The van der Waals surface area contributed by atoms with Gasteiger partial charge in [0.15, 0.2) is 11.6 Å². The van der Waals surface area contributed by atoms with Gasteiger partial charge in [0.25, 0.3) is 0 Å². The van der Waals surface area contributed by atoms with E-state index in [1.54, 1.807) is 0 Å². The summed E-state index contributed by atoms with van der Waals surface area (Å²) in [5, 5.41) is 12.1. The predicted molar refractivity (Wildman–Crippen MR) is 213 cm³/mol. The Morgan fingerprint density at radius 2 is 0.980 bits per heavy atom. The summed E-state index contributed by atoms with van der Waals surface area (Å²) in [6.07, 6.45) is 1.83. The van der Waals surface area contributed by atoms with Crippen molar-refractivity contribution in [3.63, 3.8) is 0 Å². The van der Waals surface area contributed by atoms with Gasteiger partial charge in [-0.25, -0.2) is 9.97 Å². The van der Waals surface area contributed by atoms with Crippen LogP contribution in [-0.2, 0) is 0 Å². The molecule has 0 aliphatic heterocycles. The van der Waals surface area contributed by atoms with Crippen molar-refractivity contribution in [2.45, 2.75) is 0 Å². The molecule has 11 rings (SSSR count). The normalized spacial score (nSPS) is 11.9. The van der Waals surface area contributed by atoms with Gasteiger partial charge in [0.2, 0.25) is 0 Å². The quantitative estimate of drug-likeness (QED) is 0.179. The van der Waals surface area contributed by atoms with Crippen LogP contribution in [0.25, 0.3) is 104 Å². The standard InChI is InChI=1S/C47H28N4/c1-2-10-32-24-37(20-15-29(32)8-1)46-49-42-14-7-23-48-45(42)47(50-46)51-43-22-21-36(27-40(43)41-26-33-11-3-4-12-34(33)28-44(41)51)35-19-18-31-17-16-30-9-5-6-13-38(30)39(31)25-35/h1-28H. The van der Waals surface area contributed by atoms with Crippen molar-refractivity contribution in [3.05, 3.63) is 170 Å². The number of pyridine rings is 1. The molecule has 3 heterocycles. The molecule has 0 bridgehead atoms. The first kappa shape index (κ1) is 28.0. The summed E-state index contributed by atoms with van der Waals surface area (Å²) in [7, 11) is 0. The zero-order valence-electron chi connectivity index (χ0n) is 27.5. The zero-order chi connectivity index (χ0) is 33.5. The van der Waals surface area contributed by atoms with E-state index in [1.807, 2.05) is 18.3 Å². The van der Waals surface area contributed by atoms with Gasteiger partial charge in [0.1, 0.15) is 5.52 Å². The van der Waals surface area contributed by atoms with Crippen molar-refractivity contribution in [2.75, 3.05) is 0 Å². The van der Waals surface area contributed by atoms with E-state index in [4.69, 9.17) is 15.0 Å². The largest absolute Gasteiger partial charge is 0.292 e. The van der Waals surface area contributed by atoms with Gasteiger partial charge in [-0.2, -0.15) is 0 Å². The number of benzene rings is 8. The third-order valence-corrected chi connectivity index (χ3v) is 10.4. The highest BCUT2D eigenvalue weighted by Crippen LogP contribution is 2.39. The van der Waals surface area contributed by atoms with E-state index in [0.717, 1.165) is 38.8 Å². The van der Waals surface area contributed by atoms with Crippen LogP contribution in [0.5, 0.6) is 0 Å². The van der Waals surface area contributed by atoms with Crippen LogP contribution >= 0.6 is 0 Å². The molecule has 11 aromatic rings. The number of hydrogen-bond donors (Lipinski definition) is 0. The lowest BCUT2D eigenvalue weighted by Crippen LogP contribution is -2.03. The molecule has 0 saturated heterocycles. The Kier molecular flexibility index (Phi) is 5.92. The zero-order valence-corrected chi connectivity index (χ0v) is 27.5. The third kappa shape index (κ3) is 4.37. The second-order valence-corrected chi connectivity index (χ2v) is 13.3. The molecular weight excluding hydrogens is 621 g/mol. The van der Waals surface area contributed by atoms with Gasteiger partial charge in [-0.15, -0.1) is 0 Å². The van der Waals surface area contributed by atoms with Crippen LogP contribution in [0.15, 0.2) is 170 Å². The smallest absolute Gasteiger partial charge is 0.168 e. The molecule has 51 heavy (non-hydrogen) atoms. The van der Waals surface area contributed by atoms with Gasteiger partial charge in [0, 0.05) is 22.5 Å². The summed E-state index contributed by atoms with van der Waals surface area (Å²) in [4.78, 5) is 15.3. The first-order valence-corrected chi connectivity index (χ1v) is 17.3. The summed E-state index contributed by atoms with van der Waals surface area (Å²) in [6, 6.07) is 58.7. The minimum atomic E-state index is 0.673. The third-order valence-electron chi connectivity index (χ3n) is 10.4. The van der Waals surface area contributed by atoms with E-state index in [1.165, 1.54) is 59.6 Å². The molecule has 0 amide bonds. The van der Waals surface area contributed by atoms with Gasteiger partial charge in [-0.1, -0.05) is 115 Å². The van der Waals surface area contributed by atoms with Crippen LogP contribution in [-0.4, -0.2) is 19.5 Å². The maximum atomic E-state index is 5.33. The van der Waals surface area contributed by atoms with E-state index in [9.17, 15) is 0 Å². The minimum absolute atomic E-state index is 0.673. The second kappa shape index (κ2) is 10.8. The van der Waals surface area contributed by atoms with Crippen LogP contribution < -0.4 is 0 Å². The van der Waals surface area contributed by atoms with Crippen LogP contribution in [0.2, 0.25) is 0 Å². The molecule has 4 nitrogen and oxygen atoms in total. The molecule has 0 unspecified atom stereocenters. The molecule has 0 radical (unpaired) electrons. The summed E-state index contributed by atoms with van der Waals surface area (Å²) >= 11 is 0. The first-order chi connectivity index (χ1) is 25.2. The van der Waals surface area contributed by atoms with E-state index in [2.05, 4.69) is 156 Å². The molecule has 0 aliphatic carbocycles. The van der Waals surface area contributed by atoms with E-state index >= 15 is 0 Å². The average molecular weight is 649 g/mol. The summed E-state index contributed by atoms with van der Waals surface area (Å²) < 4.78 is 2.29. The van der Waals surface area contributed by atoms with Crippen molar-refractivity contribution >= 4 is 75.9 Å². The Morgan fingerprint density at radius 1 is 0.373 bits per heavy atom. The van der Waals surface area contributed by atoms with E-state index in [-0.39, 0.29) is 0 Å². The summed E-state index contributed by atoms with van der Waals surface area (Å²) in [5.41, 5.74) is 7.06. The molecule has 236 valence electrons. The number of hydrogen-bond acceptors (Lipinski definition) is 3. The van der Waals surface area contributed by atoms with Gasteiger partial charge in [0.05, 0.1) is 16.6 Å². The first-order valence-electron chi connectivity index (χ1n) is 17.3. The molecule has 0 aliphatic rings. The Bertz CT molecular complexity index is 3210. The van der Waals surface area contributed by atoms with Crippen LogP contribution in [0.1, 0.15) is 0 Å². The van der Waals surface area contributed by atoms with E-state index in [0.29, 0.717) is 5.82 Å². The molecular formula is C47H28N4. The SMILES string of the molecule is c1ccc2cc(-c3nc(-n4c5ccc(-c6ccc7ccc8ccccc8c7c6)cc5c5cc6ccccc6cc54)c4ncccc4n3)ccc2c1. The molecule has 3 aromatic heterocycles. The fourth-order valence-corrected chi connectivity index (χ4v) is 7.86. The van der Waals surface area contributed by atoms with Crippen molar-refractivity contribution in [1.82, 2.24) is 19.5 Å². The fourth-order valence-electron chi connectivity index (χ4n) is 7.86. The lowest BCUT2D eigenvalue weighted by atomic mass is 9.96. The molecule has 0 saturated carbocycles. The highest BCUT2D eigenvalue weighted by atomic mass is 15.1. The summed E-state index contributed by atoms with van der Waals surface area (Å²) in [6.45, 7) is 0. The monoisotopic (exact) mass is 648 g/mol. The molecule has 0 atom stereocenters. The number of fused-ring (bicyclic) bond motifs is 9. The molecule has 0 N–H and O–H groups in total. The molecule has 0 fully saturated rings. The molecule has 0 spiro atoms. The van der Waals surface area contributed by atoms with Crippen LogP contribution in [0.4, 0.5) is 0 Å². The summed E-state index contributed by atoms with van der Waals surface area (Å²) in [5.74, 6) is 1.44. The predicted octanol–water partition coefficient (Wildman–Crippen LogP) is 12.1. The lowest BCUT2D eigenvalue weighted by molar-refractivity contribution is 1.06. The fraction of sp³-hybridized carbons (Fsp3) is 0. The van der Waals surface area contributed by atoms with Gasteiger partial charge < -0.3 is 0 Å². The van der Waals surface area contributed by atoms with Crippen LogP contribution in [0, 0.1) is 0 Å². The lowest BCUT2D eigenvalue weighted by Gasteiger charge is -2.13.